The molecule has 4 aromatic carbocycles. The predicted molar refractivity (Wildman–Crippen MR) is 183 cm³/mol. The second kappa shape index (κ2) is 14.3. The molecule has 2 aliphatic heterocycles. The molecule has 1 aromatic heterocycles. The van der Waals surface area contributed by atoms with Crippen LogP contribution >= 0.6 is 0 Å². The highest BCUT2D eigenvalue weighted by Crippen LogP contribution is 2.42. The van der Waals surface area contributed by atoms with Gasteiger partial charge in [-0.05, 0) is 46.4 Å². The molecule has 5 aromatic rings. The number of carbonyl (C=O) groups excluding carboxylic acids is 1. The first-order chi connectivity index (χ1) is 23.4. The molecule has 0 spiro atoms. The monoisotopic (exact) mass is 644 g/mol. The normalized spacial score (nSPS) is 22.9. The van der Waals surface area contributed by atoms with Crippen molar-refractivity contribution in [2.75, 3.05) is 19.6 Å². The van der Waals surface area contributed by atoms with Gasteiger partial charge in [0.25, 0.3) is 5.91 Å². The van der Waals surface area contributed by atoms with Gasteiger partial charge in [-0.3, -0.25) is 14.7 Å². The Labute approximate surface area is 280 Å². The van der Waals surface area contributed by atoms with Gasteiger partial charge in [0.2, 0.25) is 0 Å². The van der Waals surface area contributed by atoms with Crippen LogP contribution in [-0.2, 0) is 22.6 Å². The molecular weight excluding hydrogens is 604 g/mol. The van der Waals surface area contributed by atoms with Crippen molar-refractivity contribution in [3.05, 3.63) is 131 Å². The van der Waals surface area contributed by atoms with E-state index < -0.39 is 6.29 Å². The Morgan fingerprint density at radius 1 is 0.917 bits per heavy atom. The Morgan fingerprint density at radius 2 is 1.65 bits per heavy atom. The number of amides is 1. The number of ether oxygens (including phenoxy) is 2. The third-order valence-electron chi connectivity index (χ3n) is 9.44. The van der Waals surface area contributed by atoms with Gasteiger partial charge in [-0.2, -0.15) is 0 Å². The molecule has 2 aliphatic rings. The largest absolute Gasteiger partial charge is 0.392 e. The summed E-state index contributed by atoms with van der Waals surface area (Å²) in [5, 5.41) is 22.7. The first kappa shape index (κ1) is 32.1. The smallest absolute Gasteiger partial charge is 0.271 e. The van der Waals surface area contributed by atoms with Crippen LogP contribution in [0.25, 0.3) is 22.2 Å². The lowest BCUT2D eigenvalue weighted by atomic mass is 9.90. The van der Waals surface area contributed by atoms with Crippen LogP contribution in [0.2, 0.25) is 0 Å². The van der Waals surface area contributed by atoms with E-state index in [-0.39, 0.29) is 42.4 Å². The summed E-state index contributed by atoms with van der Waals surface area (Å²) in [4.78, 5) is 24.1. The number of hydrogen-bond donors (Lipinski definition) is 3. The average molecular weight is 645 g/mol. The van der Waals surface area contributed by atoms with Gasteiger partial charge in [0.1, 0.15) is 5.69 Å². The lowest BCUT2D eigenvalue weighted by Gasteiger charge is -2.42. The Morgan fingerprint density at radius 3 is 2.40 bits per heavy atom. The van der Waals surface area contributed by atoms with E-state index >= 15 is 0 Å². The summed E-state index contributed by atoms with van der Waals surface area (Å²) in [5.41, 5.74) is 7.52. The number of nitrogens with one attached hydrogen (secondary N) is 1. The number of nitrogens with zero attached hydrogens (tertiary/aromatic N) is 3. The number of fused-ring (bicyclic) bond motifs is 1. The molecule has 246 valence electrons. The van der Waals surface area contributed by atoms with Crippen LogP contribution in [0, 0.1) is 5.92 Å². The summed E-state index contributed by atoms with van der Waals surface area (Å²) in [6, 6.07) is 31.6. The molecule has 5 atom stereocenters. The molecule has 0 aliphatic carbocycles. The van der Waals surface area contributed by atoms with E-state index in [1.807, 2.05) is 84.9 Å². The number of aliphatic hydroxyl groups is 2. The third-order valence-corrected chi connectivity index (χ3v) is 9.44. The summed E-state index contributed by atoms with van der Waals surface area (Å²) in [7, 11) is 0. The van der Waals surface area contributed by atoms with E-state index in [0.29, 0.717) is 25.2 Å². The number of rotatable bonds is 9. The van der Waals surface area contributed by atoms with Crippen molar-refractivity contribution in [3.8, 4) is 11.1 Å². The average Bonchev–Trinajstić information content (AvgIpc) is 3.55. The lowest BCUT2D eigenvalue weighted by molar-refractivity contribution is -0.276. The highest BCUT2D eigenvalue weighted by molar-refractivity contribution is 5.93. The number of carbonyl (C=O) groups is 1. The Kier molecular flexibility index (Phi) is 9.56. The quantitative estimate of drug-likeness (QED) is 0.191. The number of aromatic nitrogens is 2. The number of β-amino-alcohol motifs (C(OH)–C–C–N with tert-alkyl or cyclic N) is 1. The second-order valence-corrected chi connectivity index (χ2v) is 12.7. The van der Waals surface area contributed by atoms with Crippen LogP contribution in [0.4, 0.5) is 0 Å². The zero-order valence-electron chi connectivity index (χ0n) is 26.9. The highest BCUT2D eigenvalue weighted by atomic mass is 16.7. The fourth-order valence-corrected chi connectivity index (χ4v) is 6.67. The van der Waals surface area contributed by atoms with Gasteiger partial charge in [-0.1, -0.05) is 91.9 Å². The van der Waals surface area contributed by atoms with Crippen LogP contribution in [0.5, 0.6) is 0 Å². The van der Waals surface area contributed by atoms with Gasteiger partial charge in [0.15, 0.2) is 6.29 Å². The summed E-state index contributed by atoms with van der Waals surface area (Å²) in [6.45, 7) is 4.70. The number of aliphatic hydroxyl groups excluding tert-OH is 2. The number of hydrogen-bond acceptors (Lipinski definition) is 8. The Hall–Kier alpha value is -4.51. The molecule has 5 unspecified atom stereocenters. The van der Waals surface area contributed by atoms with Crippen molar-refractivity contribution in [3.63, 3.8) is 0 Å². The maximum atomic E-state index is 13.0. The first-order valence-electron chi connectivity index (χ1n) is 16.5. The van der Waals surface area contributed by atoms with Gasteiger partial charge in [-0.25, -0.2) is 4.98 Å². The zero-order valence-corrected chi connectivity index (χ0v) is 26.9. The molecule has 7 rings (SSSR count). The van der Waals surface area contributed by atoms with E-state index in [1.165, 1.54) is 6.20 Å². The minimum Gasteiger partial charge on any atom is -0.392 e. The molecule has 3 N–H and O–H groups in total. The van der Waals surface area contributed by atoms with E-state index in [1.54, 1.807) is 0 Å². The topological polar surface area (TPSA) is 117 Å². The zero-order chi connectivity index (χ0) is 33.0. The summed E-state index contributed by atoms with van der Waals surface area (Å²) in [6.07, 6.45) is 1.10. The Balaban J connectivity index is 1.08. The molecule has 1 amide bonds. The molecule has 9 heteroatoms. The van der Waals surface area contributed by atoms with Gasteiger partial charge < -0.3 is 25.0 Å². The van der Waals surface area contributed by atoms with Crippen LogP contribution in [0.15, 0.2) is 103 Å². The molecule has 0 radical (unpaired) electrons. The van der Waals surface area contributed by atoms with E-state index in [0.717, 1.165) is 51.9 Å². The van der Waals surface area contributed by atoms with E-state index in [9.17, 15) is 15.0 Å². The molecule has 48 heavy (non-hydrogen) atoms. The minimum absolute atomic E-state index is 0.00596. The fourth-order valence-electron chi connectivity index (χ4n) is 6.67. The molecule has 0 saturated carbocycles. The maximum absolute atomic E-state index is 13.0. The van der Waals surface area contributed by atoms with Crippen molar-refractivity contribution < 1.29 is 24.5 Å². The summed E-state index contributed by atoms with van der Waals surface area (Å²) < 4.78 is 13.3. The highest BCUT2D eigenvalue weighted by Gasteiger charge is 2.40. The van der Waals surface area contributed by atoms with Gasteiger partial charge in [0.05, 0.1) is 42.1 Å². The minimum atomic E-state index is -0.576. The maximum Gasteiger partial charge on any atom is 0.271 e. The van der Waals surface area contributed by atoms with E-state index in [4.69, 9.17) is 9.47 Å². The summed E-state index contributed by atoms with van der Waals surface area (Å²) in [5.74, 6) is -0.210. The molecule has 9 nitrogen and oxygen atoms in total. The molecular formula is C39H40N4O5. The Bertz CT molecular complexity index is 1870. The fraction of sp³-hybridized carbons (Fsp3) is 0.308. The van der Waals surface area contributed by atoms with Crippen LogP contribution in [-0.4, -0.2) is 62.8 Å². The van der Waals surface area contributed by atoms with Crippen molar-refractivity contribution in [1.82, 2.24) is 20.2 Å². The molecule has 3 heterocycles. The standard InChI is InChI=1S/C39H40N4O5/c1-25-36(23-43-19-18-31(45)22-43)47-39(48-37(25)28-12-10-26(24-44)11-13-28)29-16-14-27(15-17-29)32-7-3-2-6-30(32)20-41-38(46)35-21-40-33-8-4-5-9-34(33)42-35/h2-17,21,25,31,36-37,39,44-45H,18-20,22-24H2,1H3,(H,41,46). The van der Waals surface area contributed by atoms with Crippen molar-refractivity contribution in [2.24, 2.45) is 5.92 Å². The van der Waals surface area contributed by atoms with Crippen LogP contribution in [0.3, 0.4) is 0 Å². The lowest BCUT2D eigenvalue weighted by Crippen LogP contribution is -2.44. The van der Waals surface area contributed by atoms with Gasteiger partial charge >= 0.3 is 0 Å². The number of para-hydroxylation sites is 2. The van der Waals surface area contributed by atoms with Crippen molar-refractivity contribution >= 4 is 16.9 Å². The molecule has 0 bridgehead atoms. The second-order valence-electron chi connectivity index (χ2n) is 12.7. The number of likely N-dealkylation sites (tertiary alicyclic amines) is 1. The summed E-state index contributed by atoms with van der Waals surface area (Å²) >= 11 is 0. The SMILES string of the molecule is CC1C(CN2CCC(O)C2)OC(c2ccc(-c3ccccc3CNC(=O)c3cnc4ccccc4n3)cc2)OC1c1ccc(CO)cc1. The number of benzene rings is 4. The van der Waals surface area contributed by atoms with Crippen molar-refractivity contribution in [2.45, 2.75) is 51.1 Å². The van der Waals surface area contributed by atoms with Crippen LogP contribution < -0.4 is 5.32 Å². The first-order valence-corrected chi connectivity index (χ1v) is 16.5. The van der Waals surface area contributed by atoms with Crippen LogP contribution in [0.1, 0.15) is 58.5 Å². The third kappa shape index (κ3) is 7.01. The van der Waals surface area contributed by atoms with E-state index in [2.05, 4.69) is 39.2 Å². The van der Waals surface area contributed by atoms with Gasteiger partial charge in [0, 0.05) is 37.7 Å². The van der Waals surface area contributed by atoms with Gasteiger partial charge in [-0.15, -0.1) is 0 Å². The molecule has 2 fully saturated rings. The van der Waals surface area contributed by atoms with Crippen molar-refractivity contribution in [1.29, 1.82) is 0 Å². The molecule has 2 saturated heterocycles. The predicted octanol–water partition coefficient (Wildman–Crippen LogP) is 5.58.